The van der Waals surface area contributed by atoms with Crippen LogP contribution in [0.3, 0.4) is 0 Å². The van der Waals surface area contributed by atoms with Gasteiger partial charge in [-0.15, -0.1) is 0 Å². The minimum absolute atomic E-state index is 0.203. The molecule has 0 fully saturated rings. The second-order valence-corrected chi connectivity index (χ2v) is 6.19. The Hall–Kier alpha value is -3.14. The highest BCUT2D eigenvalue weighted by Crippen LogP contribution is 2.18. The smallest absolute Gasteiger partial charge is 0.269 e. The van der Waals surface area contributed by atoms with Crippen molar-refractivity contribution >= 4 is 22.6 Å². The first-order valence-corrected chi connectivity index (χ1v) is 8.17. The third-order valence-electron chi connectivity index (χ3n) is 4.03. The molecule has 0 atom stereocenters. The minimum Gasteiger partial charge on any atom is -0.273 e. The van der Waals surface area contributed by atoms with Crippen LogP contribution in [0.2, 0.25) is 0 Å². The van der Waals surface area contributed by atoms with Crippen LogP contribution in [0.15, 0.2) is 60.7 Å². The van der Waals surface area contributed by atoms with Crippen LogP contribution >= 0.6 is 0 Å². The molecule has 126 valence electrons. The molecular formula is C21H20N2O2. The summed E-state index contributed by atoms with van der Waals surface area (Å²) < 4.78 is 0. The van der Waals surface area contributed by atoms with E-state index in [1.165, 1.54) is 0 Å². The Morgan fingerprint density at radius 2 is 1.52 bits per heavy atom. The van der Waals surface area contributed by atoms with Crippen LogP contribution < -0.4 is 10.9 Å². The number of benzene rings is 3. The lowest BCUT2D eigenvalue weighted by atomic mass is 10.0. The van der Waals surface area contributed by atoms with Gasteiger partial charge in [-0.1, -0.05) is 59.7 Å². The van der Waals surface area contributed by atoms with Crippen molar-refractivity contribution in [3.63, 3.8) is 0 Å². The Kier molecular flexibility index (Phi) is 4.80. The Morgan fingerprint density at radius 3 is 2.28 bits per heavy atom. The molecule has 0 unspecified atom stereocenters. The molecule has 0 aromatic heterocycles. The number of hydrogen-bond donors (Lipinski definition) is 2. The monoisotopic (exact) mass is 332 g/mol. The lowest BCUT2D eigenvalue weighted by Crippen LogP contribution is -2.42. The van der Waals surface area contributed by atoms with E-state index in [0.29, 0.717) is 5.56 Å². The zero-order valence-electron chi connectivity index (χ0n) is 14.3. The zero-order valence-corrected chi connectivity index (χ0v) is 14.3. The van der Waals surface area contributed by atoms with E-state index in [9.17, 15) is 9.59 Å². The summed E-state index contributed by atoms with van der Waals surface area (Å²) in [5.74, 6) is -0.577. The molecule has 25 heavy (non-hydrogen) atoms. The molecule has 0 heterocycles. The minimum atomic E-state index is -0.321. The highest BCUT2D eigenvalue weighted by molar-refractivity contribution is 5.96. The van der Waals surface area contributed by atoms with Gasteiger partial charge in [-0.2, -0.15) is 0 Å². The number of nitrogens with one attached hydrogen (secondary N) is 2. The average molecular weight is 332 g/mol. The van der Waals surface area contributed by atoms with E-state index in [4.69, 9.17) is 0 Å². The Bertz CT molecular complexity index is 922. The molecule has 0 spiro atoms. The first-order valence-electron chi connectivity index (χ1n) is 8.17. The maximum absolute atomic E-state index is 12.2. The van der Waals surface area contributed by atoms with Crippen molar-refractivity contribution in [2.24, 2.45) is 0 Å². The molecule has 0 saturated heterocycles. The van der Waals surface area contributed by atoms with E-state index in [-0.39, 0.29) is 18.2 Å². The van der Waals surface area contributed by atoms with Crippen molar-refractivity contribution in [2.75, 3.05) is 0 Å². The third-order valence-corrected chi connectivity index (χ3v) is 4.03. The van der Waals surface area contributed by atoms with E-state index in [0.717, 1.165) is 27.5 Å². The summed E-state index contributed by atoms with van der Waals surface area (Å²) in [6.07, 6.45) is 0.203. The fourth-order valence-electron chi connectivity index (χ4n) is 2.97. The summed E-state index contributed by atoms with van der Waals surface area (Å²) >= 11 is 0. The summed E-state index contributed by atoms with van der Waals surface area (Å²) in [5.41, 5.74) is 8.45. The zero-order chi connectivity index (χ0) is 17.8. The van der Waals surface area contributed by atoms with E-state index in [2.05, 4.69) is 10.9 Å². The Balaban J connectivity index is 1.65. The van der Waals surface area contributed by atoms with Crippen molar-refractivity contribution in [3.8, 4) is 0 Å². The Morgan fingerprint density at radius 1 is 0.840 bits per heavy atom. The predicted molar refractivity (Wildman–Crippen MR) is 99.2 cm³/mol. The molecule has 2 amide bonds. The molecule has 0 radical (unpaired) electrons. The van der Waals surface area contributed by atoms with Crippen LogP contribution in [-0.4, -0.2) is 11.8 Å². The molecule has 0 aliphatic rings. The highest BCUT2D eigenvalue weighted by Gasteiger charge is 2.10. The highest BCUT2D eigenvalue weighted by atomic mass is 16.2. The fraction of sp³-hybridized carbons (Fsp3) is 0.143. The summed E-state index contributed by atoms with van der Waals surface area (Å²) in [6, 6.07) is 19.4. The molecular weight excluding hydrogens is 312 g/mol. The molecule has 0 saturated carbocycles. The van der Waals surface area contributed by atoms with Crippen molar-refractivity contribution in [1.29, 1.82) is 0 Å². The lowest BCUT2D eigenvalue weighted by molar-refractivity contribution is -0.121. The van der Waals surface area contributed by atoms with Crippen molar-refractivity contribution in [3.05, 3.63) is 82.9 Å². The second kappa shape index (κ2) is 7.18. The Labute approximate surface area is 146 Å². The summed E-state index contributed by atoms with van der Waals surface area (Å²) in [6.45, 7) is 3.87. The predicted octanol–water partition coefficient (Wildman–Crippen LogP) is 3.46. The largest absolute Gasteiger partial charge is 0.273 e. The number of fused-ring (bicyclic) bond motifs is 1. The van der Waals surface area contributed by atoms with E-state index >= 15 is 0 Å². The van der Waals surface area contributed by atoms with Crippen LogP contribution in [0, 0.1) is 13.8 Å². The standard InChI is InChI=1S/C21H20N2O2/c1-14-10-15(2)12-18(11-14)21(25)23-22-20(24)13-17-8-5-7-16-6-3-4-9-19(16)17/h3-12H,13H2,1-2H3,(H,22,24)(H,23,25). The SMILES string of the molecule is Cc1cc(C)cc(C(=O)NNC(=O)Cc2cccc3ccccc23)c1. The van der Waals surface area contributed by atoms with Gasteiger partial charge < -0.3 is 0 Å². The van der Waals surface area contributed by atoms with Gasteiger partial charge >= 0.3 is 0 Å². The molecule has 4 nitrogen and oxygen atoms in total. The van der Waals surface area contributed by atoms with Gasteiger partial charge in [0.15, 0.2) is 0 Å². The summed E-state index contributed by atoms with van der Waals surface area (Å²) in [5, 5.41) is 2.13. The van der Waals surface area contributed by atoms with E-state index in [1.54, 1.807) is 12.1 Å². The van der Waals surface area contributed by atoms with Gasteiger partial charge in [0.05, 0.1) is 6.42 Å². The average Bonchev–Trinajstić information content (AvgIpc) is 2.59. The van der Waals surface area contributed by atoms with Crippen LogP contribution in [0.5, 0.6) is 0 Å². The van der Waals surface area contributed by atoms with Crippen LogP contribution in [-0.2, 0) is 11.2 Å². The van der Waals surface area contributed by atoms with Crippen LogP contribution in [0.1, 0.15) is 27.0 Å². The summed E-state index contributed by atoms with van der Waals surface area (Å²) in [7, 11) is 0. The number of rotatable bonds is 3. The van der Waals surface area contributed by atoms with Gasteiger partial charge in [0.2, 0.25) is 5.91 Å². The van der Waals surface area contributed by atoms with Gasteiger partial charge in [0, 0.05) is 5.56 Å². The molecule has 3 aromatic rings. The van der Waals surface area contributed by atoms with Crippen LogP contribution in [0.4, 0.5) is 0 Å². The molecule has 4 heteroatoms. The molecule has 0 bridgehead atoms. The first-order chi connectivity index (χ1) is 12.0. The second-order valence-electron chi connectivity index (χ2n) is 6.19. The first kappa shape index (κ1) is 16.7. The number of carbonyl (C=O) groups is 2. The number of aryl methyl sites for hydroxylation is 2. The van der Waals surface area contributed by atoms with Gasteiger partial charge in [-0.25, -0.2) is 0 Å². The van der Waals surface area contributed by atoms with Crippen molar-refractivity contribution in [1.82, 2.24) is 10.9 Å². The normalized spacial score (nSPS) is 10.5. The maximum atomic E-state index is 12.2. The van der Waals surface area contributed by atoms with Gasteiger partial charge in [0.25, 0.3) is 5.91 Å². The molecule has 0 aliphatic heterocycles. The number of hydrogen-bond acceptors (Lipinski definition) is 2. The lowest BCUT2D eigenvalue weighted by Gasteiger charge is -2.10. The van der Waals surface area contributed by atoms with E-state index < -0.39 is 0 Å². The number of carbonyl (C=O) groups excluding carboxylic acids is 2. The van der Waals surface area contributed by atoms with Crippen LogP contribution in [0.25, 0.3) is 10.8 Å². The molecule has 3 aromatic carbocycles. The molecule has 2 N–H and O–H groups in total. The van der Waals surface area contributed by atoms with Gasteiger partial charge in [0.1, 0.15) is 0 Å². The van der Waals surface area contributed by atoms with Crippen molar-refractivity contribution in [2.45, 2.75) is 20.3 Å². The topological polar surface area (TPSA) is 58.2 Å². The van der Waals surface area contributed by atoms with E-state index in [1.807, 2.05) is 62.4 Å². The fourth-order valence-corrected chi connectivity index (χ4v) is 2.97. The third kappa shape index (κ3) is 4.04. The maximum Gasteiger partial charge on any atom is 0.269 e. The quantitative estimate of drug-likeness (QED) is 0.722. The van der Waals surface area contributed by atoms with Crippen molar-refractivity contribution < 1.29 is 9.59 Å². The van der Waals surface area contributed by atoms with Gasteiger partial charge in [-0.05, 0) is 42.3 Å². The molecule has 3 rings (SSSR count). The number of amides is 2. The van der Waals surface area contributed by atoms with Gasteiger partial charge in [-0.3, -0.25) is 20.4 Å². The molecule has 0 aliphatic carbocycles. The number of hydrazine groups is 1. The summed E-state index contributed by atoms with van der Waals surface area (Å²) in [4.78, 5) is 24.4.